The molecule has 0 aromatic carbocycles. The molecule has 0 aromatic rings. The molecule has 0 aliphatic heterocycles. The van der Waals surface area contributed by atoms with Crippen LogP contribution >= 0.6 is 0 Å². The van der Waals surface area contributed by atoms with Crippen LogP contribution in [0.3, 0.4) is 0 Å². The zero-order valence-corrected chi connectivity index (χ0v) is 20.4. The van der Waals surface area contributed by atoms with Crippen molar-refractivity contribution in [3.63, 3.8) is 0 Å². The lowest BCUT2D eigenvalue weighted by Gasteiger charge is -2.26. The molecule has 0 aliphatic carbocycles. The van der Waals surface area contributed by atoms with E-state index in [1.54, 1.807) is 0 Å². The molecule has 12 heteroatoms. The van der Waals surface area contributed by atoms with E-state index in [-0.39, 0.29) is 26.6 Å². The first-order valence-corrected chi connectivity index (χ1v) is 15.0. The van der Waals surface area contributed by atoms with Gasteiger partial charge in [0.1, 0.15) is 0 Å². The summed E-state index contributed by atoms with van der Waals surface area (Å²) >= 11 is 0. The highest BCUT2D eigenvalue weighted by atomic mass is 32.3. The van der Waals surface area contributed by atoms with Crippen LogP contribution in [0.4, 0.5) is 4.79 Å². The Morgan fingerprint density at radius 1 is 0.586 bits per heavy atom. The summed E-state index contributed by atoms with van der Waals surface area (Å²) in [6.45, 7) is 5.59. The fraction of sp³-hybridized carbons (Fsp3) is 0.941. The van der Waals surface area contributed by atoms with Crippen LogP contribution in [0.25, 0.3) is 0 Å². The van der Waals surface area contributed by atoms with Gasteiger partial charge in [-0.05, 0) is 19.3 Å². The summed E-state index contributed by atoms with van der Waals surface area (Å²) in [5.41, 5.74) is 0. The van der Waals surface area contributed by atoms with Gasteiger partial charge in [-0.3, -0.25) is 0 Å². The van der Waals surface area contributed by atoms with Crippen molar-refractivity contribution in [1.82, 2.24) is 8.02 Å². The second kappa shape index (κ2) is 12.7. The molecule has 174 valence electrons. The van der Waals surface area contributed by atoms with E-state index in [0.29, 0.717) is 38.5 Å². The van der Waals surface area contributed by atoms with Crippen molar-refractivity contribution in [2.75, 3.05) is 24.3 Å². The second-order valence-corrected chi connectivity index (χ2v) is 13.2. The van der Waals surface area contributed by atoms with E-state index in [1.807, 2.05) is 20.8 Å². The molecule has 0 saturated heterocycles. The fourth-order valence-electron chi connectivity index (χ4n) is 2.55. The number of amides is 2. The number of nitrogens with zero attached hydrogens (tertiary/aromatic N) is 2. The van der Waals surface area contributed by atoms with E-state index in [4.69, 9.17) is 0 Å². The number of sulfonamides is 3. The summed E-state index contributed by atoms with van der Waals surface area (Å²) < 4.78 is 75.8. The predicted molar refractivity (Wildman–Crippen MR) is 115 cm³/mol. The molecule has 0 N–H and O–H groups in total. The summed E-state index contributed by atoms with van der Waals surface area (Å²) in [6, 6.07) is -1.56. The zero-order chi connectivity index (χ0) is 22.7. The molecule has 9 nitrogen and oxygen atoms in total. The number of unbranched alkanes of at least 4 members (excludes halogenated alkanes) is 6. The first kappa shape index (κ1) is 28.1. The van der Waals surface area contributed by atoms with Crippen LogP contribution < -0.4 is 0 Å². The Labute approximate surface area is 177 Å². The van der Waals surface area contributed by atoms with Gasteiger partial charge in [0.05, 0.1) is 17.3 Å². The van der Waals surface area contributed by atoms with Gasteiger partial charge in [-0.25, -0.2) is 34.4 Å². The van der Waals surface area contributed by atoms with Crippen LogP contribution in [-0.2, 0) is 30.1 Å². The van der Waals surface area contributed by atoms with E-state index in [0.717, 1.165) is 13.5 Å². The standard InChI is InChI=1S/C17H36N2O7S3/c1-5-8-11-14-27(21,22)18(4)17(20)19(28(23,24)15-12-9-6-2)29(25,26)16-13-10-7-3/h5-16H2,1-4H3. The van der Waals surface area contributed by atoms with Gasteiger partial charge in [0.15, 0.2) is 0 Å². The summed E-state index contributed by atoms with van der Waals surface area (Å²) in [7, 11) is -12.3. The van der Waals surface area contributed by atoms with Crippen molar-refractivity contribution in [3.05, 3.63) is 0 Å². The molecule has 29 heavy (non-hydrogen) atoms. The first-order valence-electron chi connectivity index (χ1n) is 10.1. The molecule has 0 saturated carbocycles. The quantitative estimate of drug-likeness (QED) is 0.333. The third-order valence-corrected chi connectivity index (χ3v) is 10.5. The van der Waals surface area contributed by atoms with Gasteiger partial charge in [-0.15, -0.1) is 3.71 Å². The van der Waals surface area contributed by atoms with Crippen LogP contribution in [0, 0.1) is 0 Å². The molecule has 0 unspecified atom stereocenters. The van der Waals surface area contributed by atoms with Crippen LogP contribution in [0.2, 0.25) is 0 Å². The number of rotatable bonds is 15. The Balaban J connectivity index is 5.87. The van der Waals surface area contributed by atoms with E-state index >= 15 is 0 Å². The van der Waals surface area contributed by atoms with Crippen molar-refractivity contribution in [3.8, 4) is 0 Å². The predicted octanol–water partition coefficient (Wildman–Crippen LogP) is 2.90. The zero-order valence-electron chi connectivity index (χ0n) is 18.0. The normalized spacial score (nSPS) is 12.7. The molecule has 0 aromatic heterocycles. The lowest BCUT2D eigenvalue weighted by atomic mass is 10.3. The Morgan fingerprint density at radius 3 is 1.21 bits per heavy atom. The Hall–Kier alpha value is -0.880. The molecule has 0 spiro atoms. The van der Waals surface area contributed by atoms with Gasteiger partial charge in [-0.1, -0.05) is 59.3 Å². The maximum Gasteiger partial charge on any atom is 0.361 e. The monoisotopic (exact) mass is 476 g/mol. The van der Waals surface area contributed by atoms with Gasteiger partial charge >= 0.3 is 6.03 Å². The van der Waals surface area contributed by atoms with Crippen molar-refractivity contribution in [2.24, 2.45) is 0 Å². The van der Waals surface area contributed by atoms with Crippen LogP contribution in [-0.4, -0.2) is 63.6 Å². The summed E-state index contributed by atoms with van der Waals surface area (Å²) in [6.07, 6.45) is 4.54. The van der Waals surface area contributed by atoms with Crippen molar-refractivity contribution in [2.45, 2.75) is 78.6 Å². The molecule has 0 aliphatic rings. The molecular weight excluding hydrogens is 440 g/mol. The van der Waals surface area contributed by atoms with Gasteiger partial charge in [0.25, 0.3) is 20.0 Å². The molecule has 0 bridgehead atoms. The maximum atomic E-state index is 12.8. The van der Waals surface area contributed by atoms with Crippen molar-refractivity contribution in [1.29, 1.82) is 0 Å². The summed E-state index contributed by atoms with van der Waals surface area (Å²) in [5.74, 6) is -1.44. The van der Waals surface area contributed by atoms with Gasteiger partial charge in [0.2, 0.25) is 10.0 Å². The van der Waals surface area contributed by atoms with Crippen molar-refractivity contribution < 1.29 is 30.0 Å². The molecule has 0 atom stereocenters. The summed E-state index contributed by atoms with van der Waals surface area (Å²) in [5, 5.41) is 0. The minimum Gasteiger partial charge on any atom is -0.245 e. The lowest BCUT2D eigenvalue weighted by molar-refractivity contribution is 0.222. The SMILES string of the molecule is CCCCCS(=O)(=O)N(C)C(=O)N(S(=O)(=O)CCCCC)S(=O)(=O)CCCCC. The third-order valence-electron chi connectivity index (χ3n) is 4.37. The number of urea groups is 1. The minimum atomic E-state index is -4.53. The topological polar surface area (TPSA) is 126 Å². The molecule has 0 radical (unpaired) electrons. The molecular formula is C17H36N2O7S3. The number of hydrogen-bond donors (Lipinski definition) is 0. The average molecular weight is 477 g/mol. The van der Waals surface area contributed by atoms with Crippen LogP contribution in [0.5, 0.6) is 0 Å². The highest BCUT2D eigenvalue weighted by molar-refractivity contribution is 8.05. The Bertz CT molecular complexity index is 766. The number of carbonyl (C=O) groups is 1. The highest BCUT2D eigenvalue weighted by Crippen LogP contribution is 2.19. The van der Waals surface area contributed by atoms with Gasteiger partial charge in [-0.2, -0.15) is 0 Å². The third kappa shape index (κ3) is 9.20. The fourth-order valence-corrected chi connectivity index (χ4v) is 7.84. The number of hydrogen-bond acceptors (Lipinski definition) is 7. The first-order chi connectivity index (χ1) is 13.4. The molecule has 0 fully saturated rings. The largest absolute Gasteiger partial charge is 0.361 e. The molecule has 0 rings (SSSR count). The van der Waals surface area contributed by atoms with E-state index in [1.165, 1.54) is 0 Å². The number of carbonyl (C=O) groups excluding carboxylic acids is 1. The van der Waals surface area contributed by atoms with Crippen LogP contribution in [0.1, 0.15) is 78.6 Å². The lowest BCUT2D eigenvalue weighted by Crippen LogP contribution is -2.51. The summed E-state index contributed by atoms with van der Waals surface area (Å²) in [4.78, 5) is 12.8. The Kier molecular flexibility index (Phi) is 12.3. The Morgan fingerprint density at radius 2 is 0.897 bits per heavy atom. The highest BCUT2D eigenvalue weighted by Gasteiger charge is 2.42. The van der Waals surface area contributed by atoms with E-state index in [2.05, 4.69) is 0 Å². The van der Waals surface area contributed by atoms with E-state index < -0.39 is 47.6 Å². The maximum absolute atomic E-state index is 12.8. The molecule has 0 heterocycles. The van der Waals surface area contributed by atoms with Gasteiger partial charge < -0.3 is 0 Å². The van der Waals surface area contributed by atoms with Gasteiger partial charge in [0, 0.05) is 7.05 Å². The minimum absolute atomic E-state index is 0.181. The van der Waals surface area contributed by atoms with Crippen LogP contribution in [0.15, 0.2) is 0 Å². The second-order valence-electron chi connectivity index (χ2n) is 7.02. The van der Waals surface area contributed by atoms with E-state index in [9.17, 15) is 30.0 Å². The molecule has 2 amide bonds. The smallest absolute Gasteiger partial charge is 0.245 e. The average Bonchev–Trinajstić information content (AvgIpc) is 2.60. The van der Waals surface area contributed by atoms with Crippen molar-refractivity contribution >= 4 is 36.1 Å².